The largest absolute Gasteiger partial charge is 0.393 e. The minimum atomic E-state index is -0.266. The van der Waals surface area contributed by atoms with Crippen LogP contribution in [0.3, 0.4) is 0 Å². The zero-order valence-corrected chi connectivity index (χ0v) is 10.7. The highest BCUT2D eigenvalue weighted by Gasteiger charge is 2.25. The van der Waals surface area contributed by atoms with Crippen molar-refractivity contribution < 1.29 is 9.90 Å². The van der Waals surface area contributed by atoms with Crippen LogP contribution in [0.25, 0.3) is 0 Å². The Morgan fingerprint density at radius 1 is 1.50 bits per heavy atom. The van der Waals surface area contributed by atoms with Gasteiger partial charge in [0, 0.05) is 25.0 Å². The average molecular weight is 248 g/mol. The number of pyridine rings is 1. The third-order valence-electron chi connectivity index (χ3n) is 3.63. The monoisotopic (exact) mass is 248 g/mol. The molecule has 1 saturated heterocycles. The summed E-state index contributed by atoms with van der Waals surface area (Å²) < 4.78 is 0. The summed E-state index contributed by atoms with van der Waals surface area (Å²) in [5.41, 5.74) is 0.820. The zero-order valence-electron chi connectivity index (χ0n) is 10.7. The van der Waals surface area contributed by atoms with E-state index in [1.807, 2.05) is 30.0 Å². The first-order valence-corrected chi connectivity index (χ1v) is 6.52. The molecule has 0 bridgehead atoms. The van der Waals surface area contributed by atoms with Crippen molar-refractivity contribution in [3.05, 3.63) is 30.1 Å². The van der Waals surface area contributed by atoms with Crippen LogP contribution in [0.2, 0.25) is 0 Å². The van der Waals surface area contributed by atoms with E-state index in [0.717, 1.165) is 31.6 Å². The van der Waals surface area contributed by atoms with E-state index in [0.29, 0.717) is 12.3 Å². The molecule has 0 spiro atoms. The topological polar surface area (TPSA) is 53.4 Å². The van der Waals surface area contributed by atoms with E-state index in [1.54, 1.807) is 6.20 Å². The van der Waals surface area contributed by atoms with Crippen LogP contribution in [0.5, 0.6) is 0 Å². The van der Waals surface area contributed by atoms with Gasteiger partial charge in [-0.05, 0) is 37.8 Å². The molecule has 0 radical (unpaired) electrons. The molecule has 1 aliphatic rings. The third-order valence-corrected chi connectivity index (χ3v) is 3.63. The van der Waals surface area contributed by atoms with Crippen molar-refractivity contribution in [3.8, 4) is 0 Å². The third kappa shape index (κ3) is 3.29. The summed E-state index contributed by atoms with van der Waals surface area (Å²) in [4.78, 5) is 18.1. The summed E-state index contributed by atoms with van der Waals surface area (Å²) in [6, 6.07) is 5.62. The number of rotatable bonds is 3. The van der Waals surface area contributed by atoms with E-state index in [9.17, 15) is 9.90 Å². The summed E-state index contributed by atoms with van der Waals surface area (Å²) in [7, 11) is 0. The molecule has 4 heteroatoms. The summed E-state index contributed by atoms with van der Waals surface area (Å²) in [5, 5.41) is 9.52. The van der Waals surface area contributed by atoms with Gasteiger partial charge in [-0.3, -0.25) is 9.78 Å². The van der Waals surface area contributed by atoms with Crippen LogP contribution in [0.1, 0.15) is 25.5 Å². The molecule has 0 aliphatic carbocycles. The van der Waals surface area contributed by atoms with Crippen LogP contribution in [0.4, 0.5) is 0 Å². The first kappa shape index (κ1) is 13.0. The van der Waals surface area contributed by atoms with Crippen molar-refractivity contribution in [1.82, 2.24) is 9.88 Å². The SMILES string of the molecule is CC(O)C1CCN(C(=O)Cc2ccccn2)CC1. The highest BCUT2D eigenvalue weighted by atomic mass is 16.3. The number of piperidine rings is 1. The fraction of sp³-hybridized carbons (Fsp3) is 0.571. The van der Waals surface area contributed by atoms with Crippen molar-refractivity contribution in [2.45, 2.75) is 32.3 Å². The van der Waals surface area contributed by atoms with Gasteiger partial charge in [0.05, 0.1) is 12.5 Å². The highest BCUT2D eigenvalue weighted by Crippen LogP contribution is 2.20. The molecule has 1 atom stereocenters. The molecular weight excluding hydrogens is 228 g/mol. The number of aliphatic hydroxyl groups is 1. The lowest BCUT2D eigenvalue weighted by molar-refractivity contribution is -0.132. The Kier molecular flexibility index (Phi) is 4.31. The second-order valence-electron chi connectivity index (χ2n) is 4.96. The highest BCUT2D eigenvalue weighted by molar-refractivity contribution is 5.78. The van der Waals surface area contributed by atoms with E-state index in [2.05, 4.69) is 4.98 Å². The van der Waals surface area contributed by atoms with Crippen molar-refractivity contribution in [2.75, 3.05) is 13.1 Å². The second kappa shape index (κ2) is 5.96. The Morgan fingerprint density at radius 3 is 2.78 bits per heavy atom. The number of nitrogens with zero attached hydrogens (tertiary/aromatic N) is 2. The molecule has 1 amide bonds. The lowest BCUT2D eigenvalue weighted by Crippen LogP contribution is -2.41. The molecule has 1 aliphatic heterocycles. The number of hydrogen-bond donors (Lipinski definition) is 1. The first-order chi connectivity index (χ1) is 8.66. The van der Waals surface area contributed by atoms with Gasteiger partial charge >= 0.3 is 0 Å². The second-order valence-corrected chi connectivity index (χ2v) is 4.96. The molecule has 2 rings (SSSR count). The Labute approximate surface area is 108 Å². The van der Waals surface area contributed by atoms with E-state index >= 15 is 0 Å². The Hall–Kier alpha value is -1.42. The summed E-state index contributed by atoms with van der Waals surface area (Å²) >= 11 is 0. The van der Waals surface area contributed by atoms with Crippen molar-refractivity contribution >= 4 is 5.91 Å². The minimum Gasteiger partial charge on any atom is -0.393 e. The fourth-order valence-electron chi connectivity index (χ4n) is 2.40. The standard InChI is InChI=1S/C14H20N2O2/c1-11(17)12-5-8-16(9-6-12)14(18)10-13-4-2-3-7-15-13/h2-4,7,11-12,17H,5-6,8-10H2,1H3. The molecule has 1 aromatic heterocycles. The molecule has 98 valence electrons. The predicted molar refractivity (Wildman–Crippen MR) is 68.9 cm³/mol. The molecule has 0 aromatic carbocycles. The van der Waals surface area contributed by atoms with Gasteiger partial charge < -0.3 is 10.0 Å². The summed E-state index contributed by atoms with van der Waals surface area (Å²) in [6.07, 6.45) is 3.61. The van der Waals surface area contributed by atoms with Gasteiger partial charge in [-0.25, -0.2) is 0 Å². The number of aromatic nitrogens is 1. The molecule has 1 unspecified atom stereocenters. The number of carbonyl (C=O) groups excluding carboxylic acids is 1. The average Bonchev–Trinajstić information content (AvgIpc) is 2.40. The van der Waals surface area contributed by atoms with Gasteiger partial charge in [0.2, 0.25) is 5.91 Å². The van der Waals surface area contributed by atoms with Crippen LogP contribution >= 0.6 is 0 Å². The van der Waals surface area contributed by atoms with Gasteiger partial charge in [-0.2, -0.15) is 0 Å². The molecule has 1 aromatic rings. The predicted octanol–water partition coefficient (Wildman–Crippen LogP) is 1.24. The molecule has 1 fully saturated rings. The van der Waals surface area contributed by atoms with Crippen LogP contribution < -0.4 is 0 Å². The first-order valence-electron chi connectivity index (χ1n) is 6.52. The molecular formula is C14H20N2O2. The number of likely N-dealkylation sites (tertiary alicyclic amines) is 1. The Balaban J connectivity index is 1.85. The molecule has 0 saturated carbocycles. The maximum absolute atomic E-state index is 12.1. The molecule has 4 nitrogen and oxygen atoms in total. The lowest BCUT2D eigenvalue weighted by Gasteiger charge is -2.33. The van der Waals surface area contributed by atoms with E-state index in [-0.39, 0.29) is 12.0 Å². The van der Waals surface area contributed by atoms with E-state index in [4.69, 9.17) is 0 Å². The maximum Gasteiger partial charge on any atom is 0.228 e. The van der Waals surface area contributed by atoms with Crippen molar-refractivity contribution in [3.63, 3.8) is 0 Å². The van der Waals surface area contributed by atoms with Gasteiger partial charge in [0.25, 0.3) is 0 Å². The van der Waals surface area contributed by atoms with Crippen LogP contribution in [-0.2, 0) is 11.2 Å². The number of aliphatic hydroxyl groups excluding tert-OH is 1. The fourth-order valence-corrected chi connectivity index (χ4v) is 2.40. The van der Waals surface area contributed by atoms with Gasteiger partial charge in [-0.1, -0.05) is 6.07 Å². The molecule has 18 heavy (non-hydrogen) atoms. The minimum absolute atomic E-state index is 0.137. The Morgan fingerprint density at radius 2 is 2.22 bits per heavy atom. The van der Waals surface area contributed by atoms with Gasteiger partial charge in [0.15, 0.2) is 0 Å². The van der Waals surface area contributed by atoms with Crippen LogP contribution in [0, 0.1) is 5.92 Å². The number of carbonyl (C=O) groups is 1. The Bertz CT molecular complexity index is 384. The van der Waals surface area contributed by atoms with E-state index < -0.39 is 0 Å². The smallest absolute Gasteiger partial charge is 0.228 e. The van der Waals surface area contributed by atoms with Crippen LogP contribution in [-0.4, -0.2) is 40.1 Å². The number of amides is 1. The summed E-state index contributed by atoms with van der Waals surface area (Å²) in [5.74, 6) is 0.474. The quantitative estimate of drug-likeness (QED) is 0.875. The normalized spacial score (nSPS) is 18.7. The van der Waals surface area contributed by atoms with E-state index in [1.165, 1.54) is 0 Å². The van der Waals surface area contributed by atoms with Crippen molar-refractivity contribution in [2.24, 2.45) is 5.92 Å². The molecule has 2 heterocycles. The lowest BCUT2D eigenvalue weighted by atomic mass is 9.92. The maximum atomic E-state index is 12.1. The van der Waals surface area contributed by atoms with Gasteiger partial charge in [-0.15, -0.1) is 0 Å². The molecule has 1 N–H and O–H groups in total. The van der Waals surface area contributed by atoms with Gasteiger partial charge in [0.1, 0.15) is 0 Å². The zero-order chi connectivity index (χ0) is 13.0. The van der Waals surface area contributed by atoms with Crippen LogP contribution in [0.15, 0.2) is 24.4 Å². The summed E-state index contributed by atoms with van der Waals surface area (Å²) in [6.45, 7) is 3.33. The number of hydrogen-bond acceptors (Lipinski definition) is 3. The van der Waals surface area contributed by atoms with Crippen molar-refractivity contribution in [1.29, 1.82) is 0 Å².